The predicted molar refractivity (Wildman–Crippen MR) is 155 cm³/mol. The van der Waals surface area contributed by atoms with E-state index in [1.54, 1.807) is 30.8 Å². The molecule has 10 heteroatoms. The van der Waals surface area contributed by atoms with Crippen LogP contribution in [0.25, 0.3) is 0 Å². The Hall–Kier alpha value is -2.27. The van der Waals surface area contributed by atoms with Crippen LogP contribution in [0.3, 0.4) is 0 Å². The van der Waals surface area contributed by atoms with E-state index in [-0.39, 0.29) is 17.1 Å². The summed E-state index contributed by atoms with van der Waals surface area (Å²) in [7, 11) is -1.95. The Labute approximate surface area is 237 Å². The number of ether oxygens (including phenoxy) is 2. The first kappa shape index (κ1) is 31.3. The Morgan fingerprint density at radius 1 is 1.21 bits per heavy atom. The molecule has 0 spiro atoms. The number of rotatable bonds is 8. The van der Waals surface area contributed by atoms with Crippen molar-refractivity contribution in [1.29, 1.82) is 0 Å². The van der Waals surface area contributed by atoms with Crippen molar-refractivity contribution in [1.82, 2.24) is 9.88 Å². The number of carbonyl (C=O) groups excluding carboxylic acids is 1. The van der Waals surface area contributed by atoms with Gasteiger partial charge in [0.25, 0.3) is 5.91 Å². The smallest absolute Gasteiger partial charge is 0.257 e. The number of thiazole rings is 1. The molecular formula is C29H42N2O6S2. The van der Waals surface area contributed by atoms with Crippen LogP contribution in [0.5, 0.6) is 5.75 Å². The summed E-state index contributed by atoms with van der Waals surface area (Å²) in [5.74, 6) is -0.499. The zero-order valence-electron chi connectivity index (χ0n) is 24.6. The molecule has 1 aliphatic rings. The molecule has 1 amide bonds. The lowest BCUT2D eigenvalue weighted by atomic mass is 9.85. The number of aliphatic hydroxyl groups is 1. The van der Waals surface area contributed by atoms with Crippen molar-refractivity contribution >= 4 is 27.1 Å². The zero-order chi connectivity index (χ0) is 29.6. The molecule has 39 heavy (non-hydrogen) atoms. The Balaban J connectivity index is 2.28. The van der Waals surface area contributed by atoms with Crippen LogP contribution in [0.15, 0.2) is 41.4 Å². The minimum Gasteiger partial charge on any atom is -0.496 e. The van der Waals surface area contributed by atoms with Crippen LogP contribution in [0.1, 0.15) is 82.4 Å². The number of benzene rings is 1. The van der Waals surface area contributed by atoms with Gasteiger partial charge in [-0.15, -0.1) is 11.3 Å². The Bertz CT molecular complexity index is 1320. The van der Waals surface area contributed by atoms with Crippen molar-refractivity contribution in [3.05, 3.63) is 57.6 Å². The van der Waals surface area contributed by atoms with Crippen LogP contribution in [-0.2, 0) is 20.0 Å². The van der Waals surface area contributed by atoms with Crippen molar-refractivity contribution in [2.75, 3.05) is 19.1 Å². The van der Waals surface area contributed by atoms with Crippen LogP contribution in [0.4, 0.5) is 0 Å². The average Bonchev–Trinajstić information content (AvgIpc) is 3.40. The summed E-state index contributed by atoms with van der Waals surface area (Å²) in [6, 6.07) is 4.35. The molecule has 3 rings (SSSR count). The Morgan fingerprint density at radius 2 is 1.85 bits per heavy atom. The quantitative estimate of drug-likeness (QED) is 0.432. The van der Waals surface area contributed by atoms with E-state index in [0.29, 0.717) is 21.9 Å². The average molecular weight is 579 g/mol. The fourth-order valence-corrected chi connectivity index (χ4v) is 6.65. The summed E-state index contributed by atoms with van der Waals surface area (Å²) in [6.45, 7) is 15.6. The Kier molecular flexibility index (Phi) is 8.78. The van der Waals surface area contributed by atoms with Crippen LogP contribution in [-0.4, -0.2) is 65.9 Å². The minimum atomic E-state index is -3.51. The summed E-state index contributed by atoms with van der Waals surface area (Å²) in [5, 5.41) is 14.7. The molecule has 0 bridgehead atoms. The van der Waals surface area contributed by atoms with Gasteiger partial charge in [-0.1, -0.05) is 40.7 Å². The molecule has 0 fully saturated rings. The molecule has 3 atom stereocenters. The van der Waals surface area contributed by atoms with E-state index in [1.807, 2.05) is 40.7 Å². The number of hydrogen-bond donors (Lipinski definition) is 1. The van der Waals surface area contributed by atoms with E-state index in [4.69, 9.17) is 9.47 Å². The fourth-order valence-electron chi connectivity index (χ4n) is 5.03. The van der Waals surface area contributed by atoms with Gasteiger partial charge >= 0.3 is 0 Å². The first-order valence-electron chi connectivity index (χ1n) is 13.0. The molecule has 2 aromatic rings. The minimum absolute atomic E-state index is 0.224. The van der Waals surface area contributed by atoms with Crippen molar-refractivity contribution in [3.8, 4) is 5.75 Å². The van der Waals surface area contributed by atoms with E-state index in [9.17, 15) is 18.3 Å². The van der Waals surface area contributed by atoms with E-state index in [0.717, 1.165) is 11.8 Å². The third-order valence-electron chi connectivity index (χ3n) is 6.49. The number of aromatic nitrogens is 1. The van der Waals surface area contributed by atoms with Gasteiger partial charge in [0.1, 0.15) is 22.9 Å². The van der Waals surface area contributed by atoms with E-state index in [1.165, 1.54) is 22.3 Å². The molecular weight excluding hydrogens is 536 g/mol. The topological polar surface area (TPSA) is 106 Å². The molecule has 0 saturated heterocycles. The molecule has 1 unspecified atom stereocenters. The largest absolute Gasteiger partial charge is 0.496 e. The van der Waals surface area contributed by atoms with Gasteiger partial charge in [-0.05, 0) is 61.4 Å². The van der Waals surface area contributed by atoms with Gasteiger partial charge in [-0.3, -0.25) is 9.69 Å². The number of amides is 1. The maximum Gasteiger partial charge on any atom is 0.257 e. The summed E-state index contributed by atoms with van der Waals surface area (Å²) >= 11 is 1.30. The number of nitrogens with zero attached hydrogens (tertiary/aromatic N) is 2. The molecule has 1 aromatic heterocycles. The first-order chi connectivity index (χ1) is 17.8. The molecule has 1 N–H and O–H groups in total. The van der Waals surface area contributed by atoms with Crippen LogP contribution < -0.4 is 4.74 Å². The van der Waals surface area contributed by atoms with Gasteiger partial charge in [-0.2, -0.15) is 0 Å². The van der Waals surface area contributed by atoms with Crippen molar-refractivity contribution < 1.29 is 27.8 Å². The lowest BCUT2D eigenvalue weighted by Crippen LogP contribution is -2.59. The highest BCUT2D eigenvalue weighted by atomic mass is 32.2. The first-order valence-corrected chi connectivity index (χ1v) is 15.9. The number of carbonyl (C=O) groups is 1. The lowest BCUT2D eigenvalue weighted by Gasteiger charge is -2.45. The van der Waals surface area contributed by atoms with E-state index >= 15 is 0 Å². The molecule has 1 aliphatic heterocycles. The highest BCUT2D eigenvalue weighted by Gasteiger charge is 2.56. The highest BCUT2D eigenvalue weighted by Crippen LogP contribution is 2.47. The molecule has 216 valence electrons. The monoisotopic (exact) mass is 578 g/mol. The van der Waals surface area contributed by atoms with Gasteiger partial charge in [0.05, 0.1) is 18.5 Å². The summed E-state index contributed by atoms with van der Waals surface area (Å²) < 4.78 is 37.1. The molecule has 0 radical (unpaired) electrons. The highest BCUT2D eigenvalue weighted by molar-refractivity contribution is 7.90. The summed E-state index contributed by atoms with van der Waals surface area (Å²) in [6.07, 6.45) is 3.37. The van der Waals surface area contributed by atoms with Crippen molar-refractivity contribution in [3.63, 3.8) is 0 Å². The predicted octanol–water partition coefficient (Wildman–Crippen LogP) is 5.15. The van der Waals surface area contributed by atoms with Crippen LogP contribution >= 0.6 is 11.3 Å². The fraction of sp³-hybridized carbons (Fsp3) is 0.586. The standard InChI is InChI=1S/C29H42N2O6S2/c1-18(2)24(37-28(6,7)8)29(33)16-20(17-39(10,34)35)23(25-30-13-14-38-25)31(29)26(32)19-11-12-21(27(3,4)5)22(15-19)36-9/h11-16,18,23-24,33H,17H2,1-10H3/t23-,24?,29+/m1/s1. The Morgan fingerprint density at radius 3 is 2.31 bits per heavy atom. The number of methoxy groups -OCH3 is 1. The van der Waals surface area contributed by atoms with Gasteiger partial charge in [-0.25, -0.2) is 13.4 Å². The van der Waals surface area contributed by atoms with Crippen molar-refractivity contribution in [2.24, 2.45) is 5.92 Å². The van der Waals surface area contributed by atoms with Crippen LogP contribution in [0.2, 0.25) is 0 Å². The second kappa shape index (κ2) is 11.0. The third kappa shape index (κ3) is 6.90. The van der Waals surface area contributed by atoms with Gasteiger partial charge in [0.2, 0.25) is 0 Å². The zero-order valence-corrected chi connectivity index (χ0v) is 26.2. The second-order valence-corrected chi connectivity index (χ2v) is 15.6. The van der Waals surface area contributed by atoms with Gasteiger partial charge in [0, 0.05) is 23.4 Å². The van der Waals surface area contributed by atoms with Gasteiger partial charge in [0.15, 0.2) is 15.6 Å². The molecule has 8 nitrogen and oxygen atoms in total. The summed E-state index contributed by atoms with van der Waals surface area (Å²) in [4.78, 5) is 20.2. The summed E-state index contributed by atoms with van der Waals surface area (Å²) in [5.41, 5.74) is -1.22. The molecule has 0 aliphatic carbocycles. The second-order valence-electron chi connectivity index (χ2n) is 12.6. The number of hydrogen-bond acceptors (Lipinski definition) is 8. The van der Waals surface area contributed by atoms with Crippen LogP contribution in [0, 0.1) is 5.92 Å². The van der Waals surface area contributed by atoms with E-state index < -0.39 is 39.2 Å². The molecule has 0 saturated carbocycles. The maximum absolute atomic E-state index is 14.5. The number of sulfone groups is 1. The third-order valence-corrected chi connectivity index (χ3v) is 8.17. The molecule has 1 aromatic carbocycles. The molecule has 2 heterocycles. The van der Waals surface area contributed by atoms with Crippen molar-refractivity contribution in [2.45, 2.75) is 84.3 Å². The van der Waals surface area contributed by atoms with E-state index in [2.05, 4.69) is 25.8 Å². The lowest BCUT2D eigenvalue weighted by molar-refractivity contribution is -0.200. The normalized spacial score (nSPS) is 21.3. The van der Waals surface area contributed by atoms with Gasteiger partial charge < -0.3 is 14.6 Å². The maximum atomic E-state index is 14.5. The SMILES string of the molecule is COc1cc(C(=O)N2[C@@H](c3nccs3)C(CS(C)(=O)=O)=C[C@]2(O)C(OC(C)(C)C)C(C)C)ccc1C(C)(C)C.